The van der Waals surface area contributed by atoms with Gasteiger partial charge in [-0.05, 0) is 42.4 Å². The number of aromatic amines is 1. The molecule has 1 saturated carbocycles. The van der Waals surface area contributed by atoms with Crippen LogP contribution in [0.2, 0.25) is 5.02 Å². The SMILES string of the molecule is CC1CCC(Cn2c(C(C)c3ccccc3C#N)nc3nc(-c4noc(=O)[nH]4)nc(-c4cncc(Cl)c4)c32)CC1. The van der Waals surface area contributed by atoms with Crippen LogP contribution in [-0.4, -0.2) is 34.6 Å². The third-order valence-corrected chi connectivity index (χ3v) is 7.98. The highest BCUT2D eigenvalue weighted by Gasteiger charge is 2.28. The molecule has 11 heteroatoms. The van der Waals surface area contributed by atoms with E-state index in [0.29, 0.717) is 33.4 Å². The van der Waals surface area contributed by atoms with Crippen LogP contribution in [0.3, 0.4) is 0 Å². The van der Waals surface area contributed by atoms with E-state index in [1.807, 2.05) is 24.3 Å². The first kappa shape index (κ1) is 25.9. The highest BCUT2D eigenvalue weighted by molar-refractivity contribution is 6.30. The van der Waals surface area contributed by atoms with Crippen LogP contribution in [0.25, 0.3) is 34.1 Å². The van der Waals surface area contributed by atoms with Crippen LogP contribution in [0.1, 0.15) is 62.4 Å². The third kappa shape index (κ3) is 4.89. The number of hydrogen-bond donors (Lipinski definition) is 1. The quantitative estimate of drug-likeness (QED) is 0.280. The second-order valence-electron chi connectivity index (χ2n) is 10.5. The number of halogens is 1. The molecule has 6 rings (SSSR count). The molecule has 1 unspecified atom stereocenters. The summed E-state index contributed by atoms with van der Waals surface area (Å²) in [5.41, 5.74) is 3.94. The first-order valence-electron chi connectivity index (χ1n) is 13.4. The van der Waals surface area contributed by atoms with Gasteiger partial charge in [-0.2, -0.15) is 5.26 Å². The monoisotopic (exact) mass is 554 g/mol. The molecule has 0 saturated heterocycles. The van der Waals surface area contributed by atoms with E-state index in [4.69, 9.17) is 31.1 Å². The maximum absolute atomic E-state index is 11.7. The number of hydrogen-bond acceptors (Lipinski definition) is 8. The molecule has 1 fully saturated rings. The molecule has 4 heterocycles. The topological polar surface area (TPSA) is 139 Å². The van der Waals surface area contributed by atoms with Crippen LogP contribution in [0.15, 0.2) is 52.0 Å². The molecule has 1 aliphatic carbocycles. The van der Waals surface area contributed by atoms with Crippen molar-refractivity contribution in [3.05, 3.63) is 75.3 Å². The van der Waals surface area contributed by atoms with Gasteiger partial charge in [-0.1, -0.05) is 61.6 Å². The summed E-state index contributed by atoms with van der Waals surface area (Å²) >= 11 is 6.35. The lowest BCUT2D eigenvalue weighted by Crippen LogP contribution is -2.20. The largest absolute Gasteiger partial charge is 0.439 e. The maximum atomic E-state index is 11.7. The van der Waals surface area contributed by atoms with Crippen LogP contribution in [0.5, 0.6) is 0 Å². The third-order valence-electron chi connectivity index (χ3n) is 7.77. The van der Waals surface area contributed by atoms with Crippen molar-refractivity contribution < 1.29 is 4.52 Å². The van der Waals surface area contributed by atoms with Crippen LogP contribution in [-0.2, 0) is 6.54 Å². The van der Waals surface area contributed by atoms with Crippen LogP contribution >= 0.6 is 11.6 Å². The Labute approximate surface area is 235 Å². The lowest BCUT2D eigenvalue weighted by molar-refractivity contribution is 0.264. The minimum absolute atomic E-state index is 0.100. The second-order valence-corrected chi connectivity index (χ2v) is 11.0. The number of fused-ring (bicyclic) bond motifs is 1. The van der Waals surface area contributed by atoms with Gasteiger partial charge >= 0.3 is 5.76 Å². The van der Waals surface area contributed by atoms with Gasteiger partial charge in [0.15, 0.2) is 5.65 Å². The zero-order valence-corrected chi connectivity index (χ0v) is 22.9. The zero-order valence-electron chi connectivity index (χ0n) is 22.1. The van der Waals surface area contributed by atoms with Crippen molar-refractivity contribution in [1.29, 1.82) is 5.26 Å². The Hall–Kier alpha value is -4.36. The van der Waals surface area contributed by atoms with E-state index in [0.717, 1.165) is 42.2 Å². The molecule has 0 bridgehead atoms. The van der Waals surface area contributed by atoms with Gasteiger partial charge in [0.2, 0.25) is 11.6 Å². The summed E-state index contributed by atoms with van der Waals surface area (Å²) in [6.07, 6.45) is 7.87. The van der Waals surface area contributed by atoms with E-state index >= 15 is 0 Å². The van der Waals surface area contributed by atoms with Crippen LogP contribution in [0, 0.1) is 23.2 Å². The second kappa shape index (κ2) is 10.7. The minimum atomic E-state index is -0.704. The summed E-state index contributed by atoms with van der Waals surface area (Å²) in [6, 6.07) is 11.7. The van der Waals surface area contributed by atoms with E-state index in [1.54, 1.807) is 18.5 Å². The summed E-state index contributed by atoms with van der Waals surface area (Å²) in [6.45, 7) is 5.10. The lowest BCUT2D eigenvalue weighted by atomic mass is 9.83. The molecular formula is C29H27ClN8O2. The van der Waals surface area contributed by atoms with Gasteiger partial charge in [0, 0.05) is 30.4 Å². The lowest BCUT2D eigenvalue weighted by Gasteiger charge is -2.28. The fraction of sp³-hybridized carbons (Fsp3) is 0.345. The van der Waals surface area contributed by atoms with Gasteiger partial charge in [0.25, 0.3) is 0 Å². The van der Waals surface area contributed by atoms with Gasteiger partial charge in [-0.3, -0.25) is 14.5 Å². The normalized spacial score (nSPS) is 18.1. The molecule has 0 radical (unpaired) electrons. The summed E-state index contributed by atoms with van der Waals surface area (Å²) in [4.78, 5) is 33.1. The smallest absolute Gasteiger partial charge is 0.324 e. The number of aromatic nitrogens is 7. The predicted molar refractivity (Wildman–Crippen MR) is 149 cm³/mol. The summed E-state index contributed by atoms with van der Waals surface area (Å²) in [7, 11) is 0. The van der Waals surface area contributed by atoms with Crippen LogP contribution in [0.4, 0.5) is 0 Å². The molecule has 0 spiro atoms. The van der Waals surface area contributed by atoms with E-state index in [2.05, 4.69) is 39.6 Å². The molecule has 0 aliphatic heterocycles. The first-order chi connectivity index (χ1) is 19.4. The fourth-order valence-corrected chi connectivity index (χ4v) is 5.80. The highest BCUT2D eigenvalue weighted by Crippen LogP contribution is 2.37. The highest BCUT2D eigenvalue weighted by atomic mass is 35.5. The Morgan fingerprint density at radius 2 is 1.98 bits per heavy atom. The Morgan fingerprint density at radius 1 is 1.18 bits per heavy atom. The van der Waals surface area contributed by atoms with Crippen LogP contribution < -0.4 is 5.76 Å². The van der Waals surface area contributed by atoms with Crippen molar-refractivity contribution >= 4 is 22.8 Å². The van der Waals surface area contributed by atoms with Crippen molar-refractivity contribution in [2.75, 3.05) is 0 Å². The van der Waals surface area contributed by atoms with Crippen molar-refractivity contribution in [2.24, 2.45) is 11.8 Å². The number of rotatable bonds is 6. The Balaban J connectivity index is 1.61. The molecule has 1 atom stereocenters. The number of benzene rings is 1. The number of pyridine rings is 1. The van der Waals surface area contributed by atoms with Crippen molar-refractivity contribution in [3.8, 4) is 29.0 Å². The Morgan fingerprint density at radius 3 is 2.70 bits per heavy atom. The number of nitriles is 1. The van der Waals surface area contributed by atoms with E-state index in [9.17, 15) is 10.1 Å². The fourth-order valence-electron chi connectivity index (χ4n) is 5.63. The summed E-state index contributed by atoms with van der Waals surface area (Å²) in [5.74, 6) is 1.33. The van der Waals surface area contributed by atoms with Gasteiger partial charge in [-0.15, -0.1) is 0 Å². The number of nitrogens with zero attached hydrogens (tertiary/aromatic N) is 7. The number of imidazole rings is 1. The molecule has 40 heavy (non-hydrogen) atoms. The molecule has 10 nitrogen and oxygen atoms in total. The maximum Gasteiger partial charge on any atom is 0.439 e. The van der Waals surface area contributed by atoms with E-state index < -0.39 is 5.76 Å². The van der Waals surface area contributed by atoms with Gasteiger partial charge in [0.05, 0.1) is 16.7 Å². The number of H-pyrrole nitrogens is 1. The summed E-state index contributed by atoms with van der Waals surface area (Å²) in [5, 5.41) is 14.1. The predicted octanol–water partition coefficient (Wildman–Crippen LogP) is 5.73. The summed E-state index contributed by atoms with van der Waals surface area (Å²) < 4.78 is 6.93. The van der Waals surface area contributed by atoms with Gasteiger partial charge < -0.3 is 4.57 Å². The standard InChI is InChI=1S/C29H27ClN8O2/c1-16-7-9-18(10-8-16)15-38-24-23(20-11-21(30)14-32-13-20)33-26(27-36-29(39)40-37-27)34-25(24)35-28(38)17(2)22-6-4-3-5-19(22)12-31/h3-6,11,13-14,16-18H,7-10,15H2,1-2H3,(H,36,37,39). The Kier molecular flexibility index (Phi) is 6.90. The van der Waals surface area contributed by atoms with Gasteiger partial charge in [-0.25, -0.2) is 19.7 Å². The molecule has 1 aromatic carbocycles. The Bertz CT molecular complexity index is 1790. The molecular weight excluding hydrogens is 528 g/mol. The molecule has 5 aromatic rings. The van der Waals surface area contributed by atoms with Crippen molar-refractivity contribution in [2.45, 2.75) is 52.0 Å². The minimum Gasteiger partial charge on any atom is -0.324 e. The average Bonchev–Trinajstić information content (AvgIpc) is 3.57. The average molecular weight is 555 g/mol. The molecule has 202 valence electrons. The van der Waals surface area contributed by atoms with Crippen molar-refractivity contribution in [1.82, 2.24) is 34.6 Å². The molecule has 4 aromatic heterocycles. The van der Waals surface area contributed by atoms with E-state index in [-0.39, 0.29) is 17.6 Å². The zero-order chi connectivity index (χ0) is 27.8. The molecule has 1 N–H and O–H groups in total. The van der Waals surface area contributed by atoms with E-state index in [1.165, 1.54) is 12.8 Å². The van der Waals surface area contributed by atoms with Crippen molar-refractivity contribution in [3.63, 3.8) is 0 Å². The molecule has 0 amide bonds. The molecule has 1 aliphatic rings. The van der Waals surface area contributed by atoms with Gasteiger partial charge in [0.1, 0.15) is 17.0 Å². The first-order valence-corrected chi connectivity index (χ1v) is 13.7. The number of nitrogens with one attached hydrogen (secondary N) is 1.